The van der Waals surface area contributed by atoms with Crippen molar-refractivity contribution < 1.29 is 14.3 Å². The summed E-state index contributed by atoms with van der Waals surface area (Å²) >= 11 is 1.71. The molecule has 0 saturated carbocycles. The molecule has 27 heavy (non-hydrogen) atoms. The number of amides is 2. The third-order valence-corrected chi connectivity index (χ3v) is 6.13. The number of ether oxygens (including phenoxy) is 1. The van der Waals surface area contributed by atoms with Crippen molar-refractivity contribution >= 4 is 23.2 Å². The monoisotopic (exact) mass is 386 g/mol. The van der Waals surface area contributed by atoms with Crippen LogP contribution in [-0.4, -0.2) is 50.6 Å². The first-order valence-electron chi connectivity index (χ1n) is 9.20. The number of hydrogen-bond donors (Lipinski definition) is 1. The van der Waals surface area contributed by atoms with Gasteiger partial charge in [0.1, 0.15) is 6.61 Å². The summed E-state index contributed by atoms with van der Waals surface area (Å²) in [6.07, 6.45) is 2.21. The second-order valence-electron chi connectivity index (χ2n) is 7.06. The first-order chi connectivity index (χ1) is 13.1. The van der Waals surface area contributed by atoms with E-state index >= 15 is 0 Å². The van der Waals surface area contributed by atoms with Crippen molar-refractivity contribution in [3.8, 4) is 10.4 Å². The average molecular weight is 387 g/mol. The van der Waals surface area contributed by atoms with Crippen LogP contribution >= 0.6 is 11.3 Å². The average Bonchev–Trinajstić information content (AvgIpc) is 3.23. The molecule has 1 aromatic carbocycles. The van der Waals surface area contributed by atoms with Crippen molar-refractivity contribution in [1.82, 2.24) is 10.2 Å². The first-order valence-corrected chi connectivity index (χ1v) is 10.1. The van der Waals surface area contributed by atoms with Gasteiger partial charge in [-0.1, -0.05) is 30.3 Å². The van der Waals surface area contributed by atoms with Gasteiger partial charge >= 0.3 is 0 Å². The molecule has 2 heterocycles. The summed E-state index contributed by atoms with van der Waals surface area (Å²) < 4.78 is 4.99. The van der Waals surface area contributed by atoms with Crippen LogP contribution in [-0.2, 0) is 20.7 Å². The summed E-state index contributed by atoms with van der Waals surface area (Å²) in [6.45, 7) is 1.17. The molecule has 6 heteroatoms. The van der Waals surface area contributed by atoms with Crippen LogP contribution in [0.2, 0.25) is 0 Å². The highest BCUT2D eigenvalue weighted by Gasteiger charge is 2.42. The molecule has 1 N–H and O–H groups in total. The largest absolute Gasteiger partial charge is 0.375 e. The molecular weight excluding hydrogens is 360 g/mol. The molecule has 144 valence electrons. The van der Waals surface area contributed by atoms with Crippen molar-refractivity contribution in [2.75, 3.05) is 33.9 Å². The zero-order valence-electron chi connectivity index (χ0n) is 15.9. The summed E-state index contributed by atoms with van der Waals surface area (Å²) in [4.78, 5) is 28.1. The molecule has 0 unspecified atom stereocenters. The Morgan fingerprint density at radius 1 is 1.26 bits per heavy atom. The standard InChI is InChI=1S/C21H26N2O3S/c1-22-20(25)21(10-4-11-23(15-21)19(24)14-26-2)13-16-6-8-17(9-7-16)18-5-3-12-27-18/h3,5-9,12H,4,10-11,13-15H2,1-2H3,(H,22,25)/t21-/m1/s1. The van der Waals surface area contributed by atoms with Crippen molar-refractivity contribution in [2.45, 2.75) is 19.3 Å². The third kappa shape index (κ3) is 4.39. The highest BCUT2D eigenvalue weighted by Crippen LogP contribution is 2.35. The molecule has 3 rings (SSSR count). The molecule has 2 aromatic rings. The van der Waals surface area contributed by atoms with Gasteiger partial charge in [-0.3, -0.25) is 9.59 Å². The quantitative estimate of drug-likeness (QED) is 0.830. The highest BCUT2D eigenvalue weighted by atomic mass is 32.1. The summed E-state index contributed by atoms with van der Waals surface area (Å²) in [7, 11) is 3.18. The van der Waals surface area contributed by atoms with Gasteiger partial charge in [-0.25, -0.2) is 0 Å². The number of thiophene rings is 1. The smallest absolute Gasteiger partial charge is 0.248 e. The number of carbonyl (C=O) groups is 2. The Bertz CT molecular complexity index is 773. The Balaban J connectivity index is 1.80. The fourth-order valence-electron chi connectivity index (χ4n) is 3.85. The van der Waals surface area contributed by atoms with E-state index in [4.69, 9.17) is 4.74 Å². The molecule has 1 atom stereocenters. The number of piperidine rings is 1. The summed E-state index contributed by atoms with van der Waals surface area (Å²) in [5.74, 6) is -0.0572. The zero-order chi connectivity index (χ0) is 19.3. The lowest BCUT2D eigenvalue weighted by molar-refractivity contribution is -0.143. The number of nitrogens with zero attached hydrogens (tertiary/aromatic N) is 1. The molecule has 0 radical (unpaired) electrons. The van der Waals surface area contributed by atoms with Crippen molar-refractivity contribution in [3.05, 3.63) is 47.3 Å². The van der Waals surface area contributed by atoms with Gasteiger partial charge in [-0.05, 0) is 41.8 Å². The van der Waals surface area contributed by atoms with Gasteiger partial charge in [0, 0.05) is 32.1 Å². The number of rotatable bonds is 6. The minimum absolute atomic E-state index is 0.000231. The maximum absolute atomic E-state index is 12.8. The predicted octanol–water partition coefficient (Wildman–Crippen LogP) is 2.96. The van der Waals surface area contributed by atoms with E-state index in [-0.39, 0.29) is 18.4 Å². The molecule has 1 saturated heterocycles. The molecule has 0 spiro atoms. The van der Waals surface area contributed by atoms with Crippen LogP contribution in [0.15, 0.2) is 41.8 Å². The normalized spacial score (nSPS) is 19.7. The third-order valence-electron chi connectivity index (χ3n) is 5.21. The Kier molecular flexibility index (Phi) is 6.29. The van der Waals surface area contributed by atoms with Crippen LogP contribution < -0.4 is 5.32 Å². The van der Waals surface area contributed by atoms with Gasteiger partial charge in [-0.15, -0.1) is 11.3 Å². The molecule has 1 fully saturated rings. The van der Waals surface area contributed by atoms with Gasteiger partial charge in [-0.2, -0.15) is 0 Å². The van der Waals surface area contributed by atoms with Gasteiger partial charge in [0.2, 0.25) is 11.8 Å². The molecule has 5 nitrogen and oxygen atoms in total. The molecule has 1 aliphatic rings. The number of hydrogen-bond acceptors (Lipinski definition) is 4. The maximum Gasteiger partial charge on any atom is 0.248 e. The zero-order valence-corrected chi connectivity index (χ0v) is 16.7. The topological polar surface area (TPSA) is 58.6 Å². The van der Waals surface area contributed by atoms with Crippen LogP contribution in [0.4, 0.5) is 0 Å². The summed E-state index contributed by atoms with van der Waals surface area (Å²) in [6, 6.07) is 12.5. The van der Waals surface area contributed by atoms with E-state index in [0.717, 1.165) is 18.4 Å². The second kappa shape index (κ2) is 8.67. The maximum atomic E-state index is 12.8. The first kappa shape index (κ1) is 19.6. The molecule has 2 amide bonds. The van der Waals surface area contributed by atoms with E-state index in [1.807, 2.05) is 6.07 Å². The van der Waals surface area contributed by atoms with Gasteiger partial charge < -0.3 is 15.0 Å². The number of benzene rings is 1. The Morgan fingerprint density at radius 2 is 2.04 bits per heavy atom. The van der Waals surface area contributed by atoms with Gasteiger partial charge in [0.25, 0.3) is 0 Å². The van der Waals surface area contributed by atoms with Crippen LogP contribution in [0.1, 0.15) is 18.4 Å². The van der Waals surface area contributed by atoms with E-state index < -0.39 is 5.41 Å². The summed E-state index contributed by atoms with van der Waals surface area (Å²) in [5, 5.41) is 4.88. The SMILES string of the molecule is CNC(=O)[C@@]1(Cc2ccc(-c3cccs3)cc2)CCCN(C(=O)COC)C1. The minimum atomic E-state index is -0.596. The molecule has 1 aromatic heterocycles. The Hall–Kier alpha value is -2.18. The fraction of sp³-hybridized carbons (Fsp3) is 0.429. The molecular formula is C21H26N2O3S. The van der Waals surface area contributed by atoms with Crippen LogP contribution in [0.5, 0.6) is 0 Å². The number of likely N-dealkylation sites (tertiary alicyclic amines) is 1. The van der Waals surface area contributed by atoms with Gasteiger partial charge in [0.05, 0.1) is 5.41 Å². The molecule has 1 aliphatic heterocycles. The number of carbonyl (C=O) groups excluding carboxylic acids is 2. The van der Waals surface area contributed by atoms with E-state index in [0.29, 0.717) is 19.5 Å². The highest BCUT2D eigenvalue weighted by molar-refractivity contribution is 7.13. The van der Waals surface area contributed by atoms with Crippen LogP contribution in [0.25, 0.3) is 10.4 Å². The van der Waals surface area contributed by atoms with Crippen molar-refractivity contribution in [1.29, 1.82) is 0 Å². The van der Waals surface area contributed by atoms with E-state index in [1.54, 1.807) is 23.3 Å². The van der Waals surface area contributed by atoms with Crippen LogP contribution in [0, 0.1) is 5.41 Å². The Labute approximate surface area is 164 Å². The molecule has 0 bridgehead atoms. The van der Waals surface area contributed by atoms with E-state index in [1.165, 1.54) is 17.6 Å². The fourth-order valence-corrected chi connectivity index (χ4v) is 4.59. The summed E-state index contributed by atoms with van der Waals surface area (Å²) in [5.41, 5.74) is 1.70. The molecule has 0 aliphatic carbocycles. The predicted molar refractivity (Wildman–Crippen MR) is 108 cm³/mol. The van der Waals surface area contributed by atoms with E-state index in [2.05, 4.69) is 41.0 Å². The lowest BCUT2D eigenvalue weighted by Crippen LogP contribution is -2.54. The number of methoxy groups -OCH3 is 1. The van der Waals surface area contributed by atoms with E-state index in [9.17, 15) is 9.59 Å². The lowest BCUT2D eigenvalue weighted by atomic mass is 9.74. The minimum Gasteiger partial charge on any atom is -0.375 e. The van der Waals surface area contributed by atoms with Crippen molar-refractivity contribution in [3.63, 3.8) is 0 Å². The van der Waals surface area contributed by atoms with Gasteiger partial charge in [0.15, 0.2) is 0 Å². The van der Waals surface area contributed by atoms with Crippen LogP contribution in [0.3, 0.4) is 0 Å². The number of nitrogens with one attached hydrogen (secondary N) is 1. The van der Waals surface area contributed by atoms with Crippen molar-refractivity contribution in [2.24, 2.45) is 5.41 Å². The second-order valence-corrected chi connectivity index (χ2v) is 8.01. The Morgan fingerprint density at radius 3 is 2.67 bits per heavy atom. The lowest BCUT2D eigenvalue weighted by Gasteiger charge is -2.41.